The Morgan fingerprint density at radius 2 is 1.86 bits per heavy atom. The Hall–Kier alpha value is -2.83. The third kappa shape index (κ3) is 7.64. The van der Waals surface area contributed by atoms with Crippen molar-refractivity contribution in [1.82, 2.24) is 19.9 Å². The monoisotopic (exact) mass is 642 g/mol. The maximum atomic E-state index is 14.1. The van der Waals surface area contributed by atoms with Gasteiger partial charge >= 0.3 is 0 Å². The SMILES string of the molecule is Cc1ccc(S(=O)(=O)C[C@@H]2CC[C@H](Nc3nc(NCCSC(C)(C)C)nc(C)c3-c3nc4c(C)nccc4s3)C2)cc1F. The van der Waals surface area contributed by atoms with E-state index in [0.29, 0.717) is 23.8 Å². The van der Waals surface area contributed by atoms with Gasteiger partial charge in [-0.25, -0.2) is 22.8 Å². The number of sulfone groups is 1. The Balaban J connectivity index is 1.38. The van der Waals surface area contributed by atoms with Gasteiger partial charge in [0.1, 0.15) is 22.2 Å². The number of nitrogens with zero attached hydrogens (tertiary/aromatic N) is 4. The molecule has 0 radical (unpaired) electrons. The predicted molar refractivity (Wildman–Crippen MR) is 177 cm³/mol. The Kier molecular flexibility index (Phi) is 9.29. The van der Waals surface area contributed by atoms with E-state index in [1.807, 2.05) is 31.7 Å². The lowest BCUT2D eigenvalue weighted by molar-refractivity contribution is 0.553. The van der Waals surface area contributed by atoms with E-state index < -0.39 is 15.7 Å². The van der Waals surface area contributed by atoms with E-state index in [4.69, 9.17) is 15.0 Å². The molecular weight excluding hydrogens is 604 g/mol. The lowest BCUT2D eigenvalue weighted by Gasteiger charge is -2.19. The van der Waals surface area contributed by atoms with Gasteiger partial charge in [0.25, 0.3) is 0 Å². The molecule has 8 nitrogen and oxygen atoms in total. The van der Waals surface area contributed by atoms with Crippen molar-refractivity contribution in [3.05, 3.63) is 53.2 Å². The highest BCUT2D eigenvalue weighted by Gasteiger charge is 2.31. The molecule has 12 heteroatoms. The third-order valence-electron chi connectivity index (χ3n) is 7.55. The van der Waals surface area contributed by atoms with Gasteiger partial charge < -0.3 is 10.6 Å². The number of nitrogens with one attached hydrogen (secondary N) is 2. The molecule has 1 aliphatic rings. The molecule has 5 rings (SSSR count). The predicted octanol–water partition coefficient (Wildman–Crippen LogP) is 7.21. The summed E-state index contributed by atoms with van der Waals surface area (Å²) >= 11 is 3.46. The molecule has 43 heavy (non-hydrogen) atoms. The number of hydrogen-bond donors (Lipinski definition) is 2. The van der Waals surface area contributed by atoms with Crippen LogP contribution in [0.2, 0.25) is 0 Å². The van der Waals surface area contributed by atoms with Crippen molar-refractivity contribution < 1.29 is 12.8 Å². The molecule has 230 valence electrons. The molecule has 3 aromatic heterocycles. The van der Waals surface area contributed by atoms with E-state index in [1.54, 1.807) is 24.5 Å². The second kappa shape index (κ2) is 12.6. The molecule has 1 aliphatic carbocycles. The van der Waals surface area contributed by atoms with Gasteiger partial charge in [-0.1, -0.05) is 26.8 Å². The number of aromatic nitrogens is 4. The number of thiazole rings is 1. The summed E-state index contributed by atoms with van der Waals surface area (Å²) in [5, 5.41) is 7.84. The normalized spacial score (nSPS) is 17.5. The van der Waals surface area contributed by atoms with Crippen LogP contribution in [0.5, 0.6) is 0 Å². The second-order valence-corrected chi connectivity index (χ2v) is 17.2. The van der Waals surface area contributed by atoms with Crippen LogP contribution >= 0.6 is 23.1 Å². The average Bonchev–Trinajstić information content (AvgIpc) is 3.54. The maximum Gasteiger partial charge on any atom is 0.224 e. The minimum atomic E-state index is -3.61. The minimum Gasteiger partial charge on any atom is -0.367 e. The summed E-state index contributed by atoms with van der Waals surface area (Å²) in [6, 6.07) is 6.16. The standard InChI is InChI=1S/C31H39FN6O2S3/c1-18-7-10-23(16-24(18)32)43(39,40)17-21-8-9-22(15-21)36-28-26(29-37-27-20(3)33-12-11-25(27)42-29)19(2)35-30(38-28)34-13-14-41-31(4,5)6/h7,10-12,16,21-22H,8-9,13-15,17H2,1-6H3,(H2,34,35,36,38)/t21-,22+/m1/s1. The summed E-state index contributed by atoms with van der Waals surface area (Å²) < 4.78 is 41.6. The first-order valence-electron chi connectivity index (χ1n) is 14.5. The Morgan fingerprint density at radius 3 is 2.58 bits per heavy atom. The molecule has 0 bridgehead atoms. The third-order valence-corrected chi connectivity index (χ3v) is 11.7. The molecule has 2 N–H and O–H groups in total. The van der Waals surface area contributed by atoms with Gasteiger partial charge in [-0.15, -0.1) is 11.3 Å². The highest BCUT2D eigenvalue weighted by Crippen LogP contribution is 2.39. The lowest BCUT2D eigenvalue weighted by atomic mass is 10.1. The summed E-state index contributed by atoms with van der Waals surface area (Å²) in [5.41, 5.74) is 3.83. The number of anilines is 2. The van der Waals surface area contributed by atoms with Crippen molar-refractivity contribution in [2.24, 2.45) is 5.92 Å². The fourth-order valence-corrected chi connectivity index (χ4v) is 8.95. The summed E-state index contributed by atoms with van der Waals surface area (Å²) in [7, 11) is -3.61. The molecule has 0 saturated heterocycles. The van der Waals surface area contributed by atoms with Crippen LogP contribution in [0.4, 0.5) is 16.2 Å². The second-order valence-electron chi connectivity index (χ2n) is 12.2. The van der Waals surface area contributed by atoms with Crippen LogP contribution in [0.3, 0.4) is 0 Å². The van der Waals surface area contributed by atoms with Crippen LogP contribution in [0.25, 0.3) is 20.8 Å². The molecular formula is C31H39FN6O2S3. The van der Waals surface area contributed by atoms with Gasteiger partial charge in [0.05, 0.1) is 32.3 Å². The largest absolute Gasteiger partial charge is 0.367 e. The maximum absolute atomic E-state index is 14.1. The van der Waals surface area contributed by atoms with Crippen LogP contribution in [0.1, 0.15) is 57.0 Å². The summed E-state index contributed by atoms with van der Waals surface area (Å²) in [6.45, 7) is 12.9. The van der Waals surface area contributed by atoms with E-state index in [-0.39, 0.29) is 27.4 Å². The average molecular weight is 643 g/mol. The smallest absolute Gasteiger partial charge is 0.224 e. The van der Waals surface area contributed by atoms with Crippen molar-refractivity contribution in [3.63, 3.8) is 0 Å². The molecule has 2 atom stereocenters. The van der Waals surface area contributed by atoms with Crippen LogP contribution in [-0.4, -0.2) is 57.2 Å². The first kappa shape index (κ1) is 31.6. The first-order chi connectivity index (χ1) is 20.3. The van der Waals surface area contributed by atoms with Crippen molar-refractivity contribution in [2.45, 2.75) is 76.5 Å². The molecule has 0 unspecified atom stereocenters. The number of pyridine rings is 1. The first-order valence-corrected chi connectivity index (χ1v) is 18.0. The lowest BCUT2D eigenvalue weighted by Crippen LogP contribution is -2.21. The van der Waals surface area contributed by atoms with Crippen molar-refractivity contribution in [3.8, 4) is 10.6 Å². The Morgan fingerprint density at radius 1 is 1.07 bits per heavy atom. The van der Waals surface area contributed by atoms with E-state index in [9.17, 15) is 12.8 Å². The number of halogens is 1. The van der Waals surface area contributed by atoms with Crippen molar-refractivity contribution in [2.75, 3.05) is 28.7 Å². The molecule has 1 saturated carbocycles. The molecule has 4 aromatic rings. The number of rotatable bonds is 10. The van der Waals surface area contributed by atoms with Gasteiger partial charge in [0.2, 0.25) is 5.95 Å². The topological polar surface area (TPSA) is 110 Å². The van der Waals surface area contributed by atoms with Crippen LogP contribution in [0.15, 0.2) is 35.4 Å². The molecule has 1 fully saturated rings. The van der Waals surface area contributed by atoms with E-state index >= 15 is 0 Å². The van der Waals surface area contributed by atoms with Crippen molar-refractivity contribution >= 4 is 54.9 Å². The highest BCUT2D eigenvalue weighted by molar-refractivity contribution is 8.00. The molecule has 0 aliphatic heterocycles. The number of thioether (sulfide) groups is 1. The Bertz CT molecular complexity index is 1740. The summed E-state index contributed by atoms with van der Waals surface area (Å²) in [4.78, 5) is 19.1. The quantitative estimate of drug-likeness (QED) is 0.173. The van der Waals surface area contributed by atoms with Crippen LogP contribution in [-0.2, 0) is 9.84 Å². The highest BCUT2D eigenvalue weighted by atomic mass is 32.2. The van der Waals surface area contributed by atoms with Crippen molar-refractivity contribution in [1.29, 1.82) is 0 Å². The number of aryl methyl sites for hydroxylation is 3. The molecule has 0 spiro atoms. The molecule has 0 amide bonds. The van der Waals surface area contributed by atoms with Gasteiger partial charge in [0, 0.05) is 29.3 Å². The molecule has 3 heterocycles. The van der Waals surface area contributed by atoms with Crippen LogP contribution < -0.4 is 10.6 Å². The van der Waals surface area contributed by atoms with Crippen LogP contribution in [0, 0.1) is 32.5 Å². The van der Waals surface area contributed by atoms with E-state index in [0.717, 1.165) is 63.4 Å². The molecule has 1 aromatic carbocycles. The zero-order valence-electron chi connectivity index (χ0n) is 25.5. The summed E-state index contributed by atoms with van der Waals surface area (Å²) in [6.07, 6.45) is 4.02. The van der Waals surface area contributed by atoms with E-state index in [1.165, 1.54) is 12.1 Å². The number of hydrogen-bond acceptors (Lipinski definition) is 10. The van der Waals surface area contributed by atoms with Gasteiger partial charge in [0.15, 0.2) is 9.84 Å². The van der Waals surface area contributed by atoms with E-state index in [2.05, 4.69) is 36.4 Å². The fraction of sp³-hybridized carbons (Fsp3) is 0.484. The minimum absolute atomic E-state index is 0.00820. The summed E-state index contributed by atoms with van der Waals surface area (Å²) in [5.74, 6) is 1.62. The fourth-order valence-electron chi connectivity index (χ4n) is 5.35. The number of benzene rings is 1. The van der Waals surface area contributed by atoms with Gasteiger partial charge in [-0.2, -0.15) is 16.7 Å². The Labute approximate surface area is 261 Å². The number of fused-ring (bicyclic) bond motifs is 1. The van der Waals surface area contributed by atoms with Gasteiger partial charge in [-0.05, 0) is 69.7 Å². The zero-order valence-corrected chi connectivity index (χ0v) is 27.9. The van der Waals surface area contributed by atoms with Gasteiger partial charge in [-0.3, -0.25) is 4.98 Å². The zero-order chi connectivity index (χ0) is 30.9.